The number of carboxylic acid groups (broad SMARTS) is 1. The fourth-order valence-electron chi connectivity index (χ4n) is 1.98. The fourth-order valence-corrected chi connectivity index (χ4v) is 1.98. The molecule has 1 atom stereocenters. The molecule has 5 nitrogen and oxygen atoms in total. The molecule has 0 aliphatic carbocycles. The second kappa shape index (κ2) is 6.93. The molecular formula is C15H22N2O3. The molecule has 0 bridgehead atoms. The molecule has 0 heterocycles. The average Bonchev–Trinajstić information content (AvgIpc) is 2.40. The number of carbonyl (C=O) groups excluding carboxylic acids is 1. The molecule has 0 saturated heterocycles. The number of benzene rings is 1. The number of nitrogens with zero attached hydrogens (tertiary/aromatic N) is 1. The Morgan fingerprint density at radius 2 is 2.05 bits per heavy atom. The zero-order valence-electron chi connectivity index (χ0n) is 12.4. The first-order valence-electron chi connectivity index (χ1n) is 6.70. The maximum Gasteiger partial charge on any atom is 0.321 e. The van der Waals surface area contributed by atoms with E-state index in [4.69, 9.17) is 5.11 Å². The van der Waals surface area contributed by atoms with Gasteiger partial charge in [0.25, 0.3) is 0 Å². The number of anilines is 1. The molecule has 2 N–H and O–H groups in total. The summed E-state index contributed by atoms with van der Waals surface area (Å²) in [6.07, 6.45) is 0.826. The highest BCUT2D eigenvalue weighted by Crippen LogP contribution is 2.21. The molecule has 2 amide bonds. The van der Waals surface area contributed by atoms with E-state index >= 15 is 0 Å². The minimum atomic E-state index is -0.908. The van der Waals surface area contributed by atoms with Crippen LogP contribution in [0, 0.1) is 12.8 Å². The van der Waals surface area contributed by atoms with Crippen molar-refractivity contribution in [3.63, 3.8) is 0 Å². The molecular weight excluding hydrogens is 256 g/mol. The van der Waals surface area contributed by atoms with Gasteiger partial charge in [-0.15, -0.1) is 0 Å². The molecule has 0 fully saturated rings. The highest BCUT2D eigenvalue weighted by Gasteiger charge is 2.18. The predicted molar refractivity (Wildman–Crippen MR) is 79.0 cm³/mol. The summed E-state index contributed by atoms with van der Waals surface area (Å²) in [5.74, 6) is -1.50. The predicted octanol–water partition coefficient (Wildman–Crippen LogP) is 2.74. The van der Waals surface area contributed by atoms with Gasteiger partial charge in [0.2, 0.25) is 0 Å². The van der Waals surface area contributed by atoms with Gasteiger partial charge in [-0.05, 0) is 24.5 Å². The van der Waals surface area contributed by atoms with Gasteiger partial charge in [-0.2, -0.15) is 0 Å². The van der Waals surface area contributed by atoms with Crippen LogP contribution in [-0.2, 0) is 11.2 Å². The molecule has 0 radical (unpaired) electrons. The number of aryl methyl sites for hydroxylation is 2. The van der Waals surface area contributed by atoms with E-state index in [1.807, 2.05) is 32.0 Å². The third-order valence-corrected chi connectivity index (χ3v) is 3.29. The van der Waals surface area contributed by atoms with Crippen LogP contribution in [0.4, 0.5) is 10.5 Å². The molecule has 0 saturated carbocycles. The Labute approximate surface area is 119 Å². The van der Waals surface area contributed by atoms with Gasteiger partial charge in [-0.3, -0.25) is 4.79 Å². The van der Waals surface area contributed by atoms with Crippen LogP contribution < -0.4 is 5.32 Å². The van der Waals surface area contributed by atoms with Gasteiger partial charge in [0.1, 0.15) is 0 Å². The van der Waals surface area contributed by atoms with Crippen LogP contribution in [0.3, 0.4) is 0 Å². The topological polar surface area (TPSA) is 69.6 Å². The number of carbonyl (C=O) groups is 2. The van der Waals surface area contributed by atoms with Crippen molar-refractivity contribution in [3.8, 4) is 0 Å². The number of hydrogen-bond donors (Lipinski definition) is 2. The van der Waals surface area contributed by atoms with Crippen molar-refractivity contribution >= 4 is 17.7 Å². The van der Waals surface area contributed by atoms with Gasteiger partial charge in [0, 0.05) is 19.3 Å². The maximum atomic E-state index is 12.1. The molecule has 1 aromatic rings. The summed E-state index contributed by atoms with van der Waals surface area (Å²) in [5, 5.41) is 11.7. The number of rotatable bonds is 5. The van der Waals surface area contributed by atoms with E-state index in [2.05, 4.69) is 5.32 Å². The molecule has 110 valence electrons. The van der Waals surface area contributed by atoms with Gasteiger partial charge in [0.05, 0.1) is 5.92 Å². The molecule has 1 unspecified atom stereocenters. The van der Waals surface area contributed by atoms with Crippen molar-refractivity contribution in [2.24, 2.45) is 5.92 Å². The van der Waals surface area contributed by atoms with Crippen molar-refractivity contribution in [2.45, 2.75) is 27.2 Å². The van der Waals surface area contributed by atoms with Crippen LogP contribution in [0.5, 0.6) is 0 Å². The first kappa shape index (κ1) is 16.0. The van der Waals surface area contributed by atoms with Crippen LogP contribution in [0.25, 0.3) is 0 Å². The number of urea groups is 1. The third-order valence-electron chi connectivity index (χ3n) is 3.29. The molecule has 0 aliphatic heterocycles. The first-order valence-corrected chi connectivity index (χ1v) is 6.70. The van der Waals surface area contributed by atoms with E-state index in [0.29, 0.717) is 0 Å². The summed E-state index contributed by atoms with van der Waals surface area (Å²) in [6, 6.07) is 5.58. The minimum Gasteiger partial charge on any atom is -0.481 e. The highest BCUT2D eigenvalue weighted by molar-refractivity contribution is 5.91. The molecule has 5 heteroatoms. The van der Waals surface area contributed by atoms with Crippen molar-refractivity contribution in [3.05, 3.63) is 29.3 Å². The Morgan fingerprint density at radius 3 is 2.60 bits per heavy atom. The zero-order valence-corrected chi connectivity index (χ0v) is 12.4. The van der Waals surface area contributed by atoms with Crippen molar-refractivity contribution in [1.82, 2.24) is 4.90 Å². The van der Waals surface area contributed by atoms with E-state index in [1.165, 1.54) is 4.90 Å². The third kappa shape index (κ3) is 3.98. The number of amides is 2. The first-order chi connectivity index (χ1) is 9.36. The Bertz CT molecular complexity index is 500. The van der Waals surface area contributed by atoms with E-state index in [-0.39, 0.29) is 12.6 Å². The average molecular weight is 278 g/mol. The van der Waals surface area contributed by atoms with E-state index < -0.39 is 11.9 Å². The molecule has 1 aromatic carbocycles. The maximum absolute atomic E-state index is 12.1. The van der Waals surface area contributed by atoms with Crippen LogP contribution in [0.1, 0.15) is 25.0 Å². The van der Waals surface area contributed by atoms with Crippen LogP contribution in [0.2, 0.25) is 0 Å². The van der Waals surface area contributed by atoms with Crippen LogP contribution in [-0.4, -0.2) is 35.6 Å². The van der Waals surface area contributed by atoms with Gasteiger partial charge in [0.15, 0.2) is 0 Å². The number of hydrogen-bond acceptors (Lipinski definition) is 2. The quantitative estimate of drug-likeness (QED) is 0.870. The van der Waals surface area contributed by atoms with E-state index in [0.717, 1.165) is 23.2 Å². The zero-order chi connectivity index (χ0) is 15.3. The van der Waals surface area contributed by atoms with Gasteiger partial charge < -0.3 is 15.3 Å². The largest absolute Gasteiger partial charge is 0.481 e. The van der Waals surface area contributed by atoms with Crippen LogP contribution >= 0.6 is 0 Å². The Balaban J connectivity index is 2.78. The smallest absolute Gasteiger partial charge is 0.321 e. The molecule has 0 aromatic heterocycles. The van der Waals surface area contributed by atoms with Gasteiger partial charge in [-0.25, -0.2) is 4.79 Å². The summed E-state index contributed by atoms with van der Waals surface area (Å²) in [5.41, 5.74) is 2.88. The summed E-state index contributed by atoms with van der Waals surface area (Å²) >= 11 is 0. The summed E-state index contributed by atoms with van der Waals surface area (Å²) in [4.78, 5) is 24.3. The Kier molecular flexibility index (Phi) is 5.55. The van der Waals surface area contributed by atoms with Gasteiger partial charge in [-0.1, -0.05) is 32.0 Å². The normalized spacial score (nSPS) is 11.8. The van der Waals surface area contributed by atoms with Crippen LogP contribution in [0.15, 0.2) is 18.2 Å². The van der Waals surface area contributed by atoms with Gasteiger partial charge >= 0.3 is 12.0 Å². The minimum absolute atomic E-state index is 0.175. The standard InChI is InChI=1S/C15H22N2O3/c1-5-12-8-6-7-10(2)13(12)16-15(20)17(4)9-11(3)14(18)19/h6-8,11H,5,9H2,1-4H3,(H,16,20)(H,18,19). The highest BCUT2D eigenvalue weighted by atomic mass is 16.4. The second-order valence-electron chi connectivity index (χ2n) is 5.01. The number of aliphatic carboxylic acids is 1. The SMILES string of the molecule is CCc1cccc(C)c1NC(=O)N(C)CC(C)C(=O)O. The monoisotopic (exact) mass is 278 g/mol. The number of para-hydroxylation sites is 1. The fraction of sp³-hybridized carbons (Fsp3) is 0.467. The molecule has 0 spiro atoms. The summed E-state index contributed by atoms with van der Waals surface area (Å²) < 4.78 is 0. The summed E-state index contributed by atoms with van der Waals surface area (Å²) in [7, 11) is 1.60. The number of carboxylic acids is 1. The lowest BCUT2D eigenvalue weighted by Crippen LogP contribution is -2.37. The van der Waals surface area contributed by atoms with Crippen molar-refractivity contribution in [2.75, 3.05) is 18.9 Å². The number of nitrogens with one attached hydrogen (secondary N) is 1. The van der Waals surface area contributed by atoms with E-state index in [9.17, 15) is 9.59 Å². The second-order valence-corrected chi connectivity index (χ2v) is 5.01. The Hall–Kier alpha value is -2.04. The summed E-state index contributed by atoms with van der Waals surface area (Å²) in [6.45, 7) is 5.72. The Morgan fingerprint density at radius 1 is 1.40 bits per heavy atom. The lowest BCUT2D eigenvalue weighted by Gasteiger charge is -2.21. The molecule has 0 aliphatic rings. The van der Waals surface area contributed by atoms with Crippen molar-refractivity contribution in [1.29, 1.82) is 0 Å². The molecule has 1 rings (SSSR count). The van der Waals surface area contributed by atoms with Crippen molar-refractivity contribution < 1.29 is 14.7 Å². The lowest BCUT2D eigenvalue weighted by molar-refractivity contribution is -0.141. The lowest BCUT2D eigenvalue weighted by atomic mass is 10.1. The van der Waals surface area contributed by atoms with E-state index in [1.54, 1.807) is 14.0 Å². The molecule has 20 heavy (non-hydrogen) atoms.